The van der Waals surface area contributed by atoms with Crippen LogP contribution in [0.25, 0.3) is 11.2 Å². The molecular weight excluding hydrogens is 194 g/mol. The van der Waals surface area contributed by atoms with Gasteiger partial charge in [-0.1, -0.05) is 6.92 Å². The fraction of sp³-hybridized carbons (Fsp3) is 0.444. The summed E-state index contributed by atoms with van der Waals surface area (Å²) < 4.78 is 2.05. The molecule has 0 aliphatic carbocycles. The second-order valence-corrected chi connectivity index (χ2v) is 3.72. The normalized spacial score (nSPS) is 19.1. The van der Waals surface area contributed by atoms with Crippen molar-refractivity contribution in [2.75, 3.05) is 11.9 Å². The maximum atomic E-state index is 11.6. The van der Waals surface area contributed by atoms with Crippen LogP contribution in [-0.2, 0) is 0 Å². The summed E-state index contributed by atoms with van der Waals surface area (Å²) in [5.74, 6) is 0.756. The van der Waals surface area contributed by atoms with Crippen molar-refractivity contribution in [3.63, 3.8) is 0 Å². The van der Waals surface area contributed by atoms with Gasteiger partial charge >= 0.3 is 11.5 Å². The van der Waals surface area contributed by atoms with E-state index in [1.54, 1.807) is 6.33 Å². The largest absolute Gasteiger partial charge is 0.326 e. The van der Waals surface area contributed by atoms with Crippen LogP contribution < -0.4 is 15.4 Å². The Balaban J connectivity index is 2.40. The number of aromatic amines is 2. The van der Waals surface area contributed by atoms with Crippen LogP contribution in [0.2, 0.25) is 0 Å². The van der Waals surface area contributed by atoms with Gasteiger partial charge in [-0.15, -0.1) is 4.98 Å². The highest BCUT2D eigenvalue weighted by Gasteiger charge is 2.30. The number of anilines is 1. The molecule has 6 nitrogen and oxygen atoms in total. The Morgan fingerprint density at radius 1 is 1.67 bits per heavy atom. The zero-order valence-corrected chi connectivity index (χ0v) is 8.37. The zero-order valence-electron chi connectivity index (χ0n) is 8.37. The summed E-state index contributed by atoms with van der Waals surface area (Å²) in [5, 5.41) is 3.18. The summed E-state index contributed by atoms with van der Waals surface area (Å²) in [6.07, 6.45) is 2.57. The second-order valence-electron chi connectivity index (χ2n) is 3.72. The molecule has 0 saturated heterocycles. The van der Waals surface area contributed by atoms with Crippen LogP contribution in [0.5, 0.6) is 0 Å². The predicted molar refractivity (Wildman–Crippen MR) is 54.7 cm³/mol. The average molecular weight is 206 g/mol. The minimum atomic E-state index is -0.127. The number of H-pyrrole nitrogens is 2. The Morgan fingerprint density at radius 2 is 2.53 bits per heavy atom. The Labute approximate surface area is 85.4 Å². The van der Waals surface area contributed by atoms with Gasteiger partial charge in [-0.05, 0) is 6.42 Å². The molecule has 78 valence electrons. The van der Waals surface area contributed by atoms with Crippen LogP contribution in [0.3, 0.4) is 0 Å². The van der Waals surface area contributed by atoms with Crippen molar-refractivity contribution in [1.82, 2.24) is 15.0 Å². The maximum absolute atomic E-state index is 11.6. The molecule has 6 heteroatoms. The van der Waals surface area contributed by atoms with E-state index in [1.807, 2.05) is 4.57 Å². The van der Waals surface area contributed by atoms with Gasteiger partial charge in [0.15, 0.2) is 11.8 Å². The highest BCUT2D eigenvalue weighted by molar-refractivity contribution is 5.65. The van der Waals surface area contributed by atoms with Crippen molar-refractivity contribution in [3.8, 4) is 0 Å². The molecule has 1 aliphatic heterocycles. The van der Waals surface area contributed by atoms with Crippen LogP contribution in [0.15, 0.2) is 11.1 Å². The average Bonchev–Trinajstić information content (AvgIpc) is 2.81. The number of fused-ring (bicyclic) bond motifs is 3. The standard InChI is InChI=1S/C9H11N5O/c1-2-5-3-10-9-13-8(15)6-7(14(5)9)12-4-11-6/h4-5H,2-3H2,1H3,(H2,10,11,12,13,15)/p+1. The smallest absolute Gasteiger partial charge is 0.322 e. The summed E-state index contributed by atoms with van der Waals surface area (Å²) in [6, 6.07) is 0.364. The second kappa shape index (κ2) is 2.82. The summed E-state index contributed by atoms with van der Waals surface area (Å²) in [5.41, 5.74) is 1.14. The first-order valence-electron chi connectivity index (χ1n) is 5.06. The summed E-state index contributed by atoms with van der Waals surface area (Å²) in [6.45, 7) is 2.97. The van der Waals surface area contributed by atoms with Crippen LogP contribution >= 0.6 is 0 Å². The van der Waals surface area contributed by atoms with Gasteiger partial charge in [-0.2, -0.15) is 0 Å². The molecule has 1 unspecified atom stereocenters. The van der Waals surface area contributed by atoms with E-state index < -0.39 is 0 Å². The number of nitrogens with zero attached hydrogens (tertiary/aromatic N) is 2. The molecule has 0 bridgehead atoms. The highest BCUT2D eigenvalue weighted by atomic mass is 16.1. The molecule has 0 saturated carbocycles. The van der Waals surface area contributed by atoms with E-state index in [4.69, 9.17) is 0 Å². The monoisotopic (exact) mass is 206 g/mol. The van der Waals surface area contributed by atoms with Gasteiger partial charge in [0.2, 0.25) is 0 Å². The maximum Gasteiger partial charge on any atom is 0.322 e. The van der Waals surface area contributed by atoms with Gasteiger partial charge in [0.1, 0.15) is 6.04 Å². The molecule has 2 aromatic heterocycles. The van der Waals surface area contributed by atoms with E-state index >= 15 is 0 Å². The van der Waals surface area contributed by atoms with E-state index in [0.717, 1.165) is 24.6 Å². The van der Waals surface area contributed by atoms with Crippen molar-refractivity contribution in [1.29, 1.82) is 0 Å². The van der Waals surface area contributed by atoms with Gasteiger partial charge in [0, 0.05) is 0 Å². The number of rotatable bonds is 1. The third kappa shape index (κ3) is 1.01. The molecule has 1 aliphatic rings. The van der Waals surface area contributed by atoms with E-state index in [1.165, 1.54) is 0 Å². The Kier molecular flexibility index (Phi) is 1.59. The van der Waals surface area contributed by atoms with Gasteiger partial charge < -0.3 is 4.98 Å². The predicted octanol–water partition coefficient (Wildman–Crippen LogP) is -0.0847. The summed E-state index contributed by atoms with van der Waals surface area (Å²) >= 11 is 0. The number of imidazole rings is 1. The zero-order chi connectivity index (χ0) is 10.4. The van der Waals surface area contributed by atoms with Crippen molar-refractivity contribution >= 4 is 17.1 Å². The lowest BCUT2D eigenvalue weighted by molar-refractivity contribution is -0.676. The number of nitrogens with one attached hydrogen (secondary N) is 3. The highest BCUT2D eigenvalue weighted by Crippen LogP contribution is 2.15. The first-order valence-corrected chi connectivity index (χ1v) is 5.06. The quantitative estimate of drug-likeness (QED) is 0.571. The third-order valence-corrected chi connectivity index (χ3v) is 2.89. The molecule has 0 amide bonds. The van der Waals surface area contributed by atoms with Crippen molar-refractivity contribution < 1.29 is 4.57 Å². The molecule has 3 heterocycles. The molecule has 3 N–H and O–H groups in total. The topological polar surface area (TPSA) is 77.4 Å². The van der Waals surface area contributed by atoms with Gasteiger partial charge in [-0.3, -0.25) is 10.1 Å². The third-order valence-electron chi connectivity index (χ3n) is 2.89. The molecule has 0 fully saturated rings. The van der Waals surface area contributed by atoms with E-state index in [0.29, 0.717) is 11.6 Å². The number of aromatic nitrogens is 4. The lowest BCUT2D eigenvalue weighted by Gasteiger charge is -2.04. The van der Waals surface area contributed by atoms with Crippen molar-refractivity contribution in [2.45, 2.75) is 19.4 Å². The molecule has 0 aromatic carbocycles. The number of hydrogen-bond acceptors (Lipinski definition) is 3. The molecule has 0 radical (unpaired) electrons. The Hall–Kier alpha value is -1.85. The SMILES string of the molecule is CCC1CNc2[nH]c(=O)c3[nH]cnc3[n+]21. The van der Waals surface area contributed by atoms with Crippen LogP contribution in [0.4, 0.5) is 5.95 Å². The van der Waals surface area contributed by atoms with Gasteiger partial charge in [-0.25, -0.2) is 9.55 Å². The van der Waals surface area contributed by atoms with E-state index in [2.05, 4.69) is 27.2 Å². The Bertz CT molecular complexity index is 569. The van der Waals surface area contributed by atoms with Crippen LogP contribution in [0, 0.1) is 0 Å². The number of hydrogen-bond donors (Lipinski definition) is 3. The summed E-state index contributed by atoms with van der Waals surface area (Å²) in [4.78, 5) is 21.5. The van der Waals surface area contributed by atoms with Crippen LogP contribution in [0.1, 0.15) is 19.4 Å². The molecule has 1 atom stereocenters. The first-order chi connectivity index (χ1) is 7.31. The van der Waals surface area contributed by atoms with Crippen molar-refractivity contribution in [2.24, 2.45) is 0 Å². The van der Waals surface area contributed by atoms with E-state index in [-0.39, 0.29) is 5.56 Å². The summed E-state index contributed by atoms with van der Waals surface area (Å²) in [7, 11) is 0. The minimum Gasteiger partial charge on any atom is -0.326 e. The van der Waals surface area contributed by atoms with Crippen molar-refractivity contribution in [3.05, 3.63) is 16.7 Å². The molecular formula is C9H12N5O+. The molecule has 0 spiro atoms. The lowest BCUT2D eigenvalue weighted by atomic mass is 10.2. The first kappa shape index (κ1) is 8.46. The molecule has 15 heavy (non-hydrogen) atoms. The van der Waals surface area contributed by atoms with Gasteiger partial charge in [0.25, 0.3) is 5.65 Å². The molecule has 3 rings (SSSR count). The van der Waals surface area contributed by atoms with E-state index in [9.17, 15) is 4.79 Å². The minimum absolute atomic E-state index is 0.127. The van der Waals surface area contributed by atoms with Gasteiger partial charge in [0.05, 0.1) is 6.54 Å². The molecule has 2 aromatic rings. The lowest BCUT2D eigenvalue weighted by Crippen LogP contribution is -2.40. The fourth-order valence-corrected chi connectivity index (χ4v) is 2.09. The van der Waals surface area contributed by atoms with Crippen LogP contribution in [-0.4, -0.2) is 21.5 Å². The fourth-order valence-electron chi connectivity index (χ4n) is 2.09. The Morgan fingerprint density at radius 3 is 3.33 bits per heavy atom.